The molecule has 1 fully saturated rings. The van der Waals surface area contributed by atoms with Crippen LogP contribution < -0.4 is 5.73 Å². The number of piperidine rings is 1. The zero-order chi connectivity index (χ0) is 17.6. The summed E-state index contributed by atoms with van der Waals surface area (Å²) in [6, 6.07) is 1.43. The van der Waals surface area contributed by atoms with Gasteiger partial charge in [0, 0.05) is 46.5 Å². The van der Waals surface area contributed by atoms with Crippen molar-refractivity contribution in [3.8, 4) is 0 Å². The minimum atomic E-state index is -3.63. The number of nitrogens with zero attached hydrogens (tertiary/aromatic N) is 3. The van der Waals surface area contributed by atoms with E-state index in [9.17, 15) is 13.2 Å². The number of hydrogen-bond acceptors (Lipinski definition) is 4. The highest BCUT2D eigenvalue weighted by atomic mass is 32.2. The van der Waals surface area contributed by atoms with Gasteiger partial charge in [-0.2, -0.15) is 4.31 Å². The van der Waals surface area contributed by atoms with E-state index in [1.165, 1.54) is 21.5 Å². The highest BCUT2D eigenvalue weighted by Crippen LogP contribution is 2.31. The number of rotatable bonds is 3. The van der Waals surface area contributed by atoms with E-state index in [1.807, 2.05) is 13.8 Å². The highest BCUT2D eigenvalue weighted by molar-refractivity contribution is 7.89. The van der Waals surface area contributed by atoms with Gasteiger partial charge in [0.25, 0.3) is 5.91 Å². The monoisotopic (exact) mass is 342 g/mol. The molecule has 130 valence electrons. The standard InChI is InChI=1S/C15H26N4O3S/c1-15(2)10-19(7-6-13(15)16)23(21,22)11-8-12(18(5)9-11)14(20)17(3)4/h8-9,13H,6-7,10,16H2,1-5H3. The molecular formula is C15H26N4O3S. The van der Waals surface area contributed by atoms with E-state index in [0.29, 0.717) is 25.2 Å². The molecular weight excluding hydrogens is 316 g/mol. The molecule has 1 aliphatic heterocycles. The Kier molecular flexibility index (Phi) is 4.62. The Morgan fingerprint density at radius 1 is 1.39 bits per heavy atom. The van der Waals surface area contributed by atoms with E-state index in [0.717, 1.165) is 0 Å². The lowest BCUT2D eigenvalue weighted by molar-refractivity contribution is 0.0818. The van der Waals surface area contributed by atoms with Gasteiger partial charge in [0.05, 0.1) is 0 Å². The lowest BCUT2D eigenvalue weighted by atomic mass is 9.81. The summed E-state index contributed by atoms with van der Waals surface area (Å²) >= 11 is 0. The Morgan fingerprint density at radius 3 is 2.52 bits per heavy atom. The van der Waals surface area contributed by atoms with Crippen LogP contribution in [0.1, 0.15) is 30.8 Å². The van der Waals surface area contributed by atoms with Crippen molar-refractivity contribution >= 4 is 15.9 Å². The second-order valence-electron chi connectivity index (χ2n) is 7.09. The van der Waals surface area contributed by atoms with Crippen molar-refractivity contribution in [2.24, 2.45) is 18.2 Å². The lowest BCUT2D eigenvalue weighted by Crippen LogP contribution is -2.53. The average Bonchev–Trinajstić information content (AvgIpc) is 2.83. The number of hydrogen-bond donors (Lipinski definition) is 1. The number of carbonyl (C=O) groups excluding carboxylic acids is 1. The summed E-state index contributed by atoms with van der Waals surface area (Å²) in [6.07, 6.45) is 2.12. The van der Waals surface area contributed by atoms with E-state index in [1.54, 1.807) is 25.7 Å². The van der Waals surface area contributed by atoms with Crippen LogP contribution in [0.5, 0.6) is 0 Å². The zero-order valence-electron chi connectivity index (χ0n) is 14.4. The number of nitrogens with two attached hydrogens (primary N) is 1. The fourth-order valence-electron chi connectivity index (χ4n) is 2.80. The lowest BCUT2D eigenvalue weighted by Gasteiger charge is -2.41. The van der Waals surface area contributed by atoms with Gasteiger partial charge in [0.2, 0.25) is 10.0 Å². The number of sulfonamides is 1. The summed E-state index contributed by atoms with van der Waals surface area (Å²) in [6.45, 7) is 4.73. The largest absolute Gasteiger partial charge is 0.345 e. The van der Waals surface area contributed by atoms with Crippen LogP contribution in [0.15, 0.2) is 17.2 Å². The molecule has 0 bridgehead atoms. The first-order valence-corrected chi connectivity index (χ1v) is 9.04. The maximum Gasteiger partial charge on any atom is 0.269 e. The van der Waals surface area contributed by atoms with E-state index in [4.69, 9.17) is 5.73 Å². The molecule has 2 rings (SSSR count). The van der Waals surface area contributed by atoms with Crippen molar-refractivity contribution < 1.29 is 13.2 Å². The number of aromatic nitrogens is 1. The van der Waals surface area contributed by atoms with Gasteiger partial charge in [-0.05, 0) is 17.9 Å². The third-order valence-electron chi connectivity index (χ3n) is 4.52. The molecule has 1 aliphatic rings. The quantitative estimate of drug-likeness (QED) is 0.865. The molecule has 7 nitrogen and oxygen atoms in total. The van der Waals surface area contributed by atoms with Crippen molar-refractivity contribution in [3.63, 3.8) is 0 Å². The summed E-state index contributed by atoms with van der Waals surface area (Å²) in [5.41, 5.74) is 6.16. The maximum absolute atomic E-state index is 12.9. The topological polar surface area (TPSA) is 88.6 Å². The third-order valence-corrected chi connectivity index (χ3v) is 6.33. The summed E-state index contributed by atoms with van der Waals surface area (Å²) in [5.74, 6) is -0.227. The van der Waals surface area contributed by atoms with Crippen LogP contribution in [0.4, 0.5) is 0 Å². The Bertz CT molecular complexity index is 706. The van der Waals surface area contributed by atoms with Crippen LogP contribution in [0, 0.1) is 5.41 Å². The van der Waals surface area contributed by atoms with Crippen LogP contribution >= 0.6 is 0 Å². The normalized spacial score (nSPS) is 22.1. The first-order valence-electron chi connectivity index (χ1n) is 7.60. The van der Waals surface area contributed by atoms with Crippen molar-refractivity contribution in [2.45, 2.75) is 31.2 Å². The van der Waals surface area contributed by atoms with Gasteiger partial charge in [-0.25, -0.2) is 8.42 Å². The summed E-state index contributed by atoms with van der Waals surface area (Å²) in [4.78, 5) is 13.7. The molecule has 1 unspecified atom stereocenters. The molecule has 0 spiro atoms. The fraction of sp³-hybridized carbons (Fsp3) is 0.667. The maximum atomic E-state index is 12.9. The Morgan fingerprint density at radius 2 is 2.00 bits per heavy atom. The van der Waals surface area contributed by atoms with Gasteiger partial charge in [-0.15, -0.1) is 0 Å². The Hall–Kier alpha value is -1.38. The van der Waals surface area contributed by atoms with Crippen molar-refractivity contribution in [1.82, 2.24) is 13.8 Å². The number of aryl methyl sites for hydroxylation is 1. The molecule has 1 saturated heterocycles. The number of carbonyl (C=O) groups is 1. The van der Waals surface area contributed by atoms with Gasteiger partial charge < -0.3 is 15.2 Å². The van der Waals surface area contributed by atoms with Crippen LogP contribution in [0.3, 0.4) is 0 Å². The Balaban J connectivity index is 2.34. The van der Waals surface area contributed by atoms with Crippen molar-refractivity contribution in [3.05, 3.63) is 18.0 Å². The van der Waals surface area contributed by atoms with E-state index >= 15 is 0 Å². The molecule has 8 heteroatoms. The minimum Gasteiger partial charge on any atom is -0.345 e. The van der Waals surface area contributed by atoms with Crippen LogP contribution in [-0.2, 0) is 17.1 Å². The van der Waals surface area contributed by atoms with E-state index in [-0.39, 0.29) is 22.3 Å². The zero-order valence-corrected chi connectivity index (χ0v) is 15.2. The molecule has 1 aromatic heterocycles. The molecule has 0 radical (unpaired) electrons. The van der Waals surface area contributed by atoms with Gasteiger partial charge >= 0.3 is 0 Å². The fourth-order valence-corrected chi connectivity index (χ4v) is 4.49. The summed E-state index contributed by atoms with van der Waals surface area (Å²) in [7, 11) is 1.32. The van der Waals surface area contributed by atoms with Crippen LogP contribution in [-0.4, -0.2) is 61.3 Å². The van der Waals surface area contributed by atoms with Crippen LogP contribution in [0.2, 0.25) is 0 Å². The van der Waals surface area contributed by atoms with Crippen molar-refractivity contribution in [1.29, 1.82) is 0 Å². The summed E-state index contributed by atoms with van der Waals surface area (Å²) < 4.78 is 28.8. The van der Waals surface area contributed by atoms with E-state index < -0.39 is 10.0 Å². The average molecular weight is 342 g/mol. The summed E-state index contributed by atoms with van der Waals surface area (Å²) in [5, 5.41) is 0. The first-order chi connectivity index (χ1) is 10.5. The van der Waals surface area contributed by atoms with E-state index in [2.05, 4.69) is 0 Å². The van der Waals surface area contributed by atoms with Gasteiger partial charge in [0.15, 0.2) is 0 Å². The smallest absolute Gasteiger partial charge is 0.269 e. The third kappa shape index (κ3) is 3.29. The van der Waals surface area contributed by atoms with Gasteiger partial charge in [-0.3, -0.25) is 4.79 Å². The highest BCUT2D eigenvalue weighted by Gasteiger charge is 2.39. The molecule has 1 amide bonds. The molecule has 1 aromatic rings. The molecule has 0 saturated carbocycles. The molecule has 0 aromatic carbocycles. The van der Waals surface area contributed by atoms with Gasteiger partial charge in [-0.1, -0.05) is 13.8 Å². The van der Waals surface area contributed by atoms with Gasteiger partial charge in [0.1, 0.15) is 10.6 Å². The first kappa shape index (κ1) is 18.0. The van der Waals surface area contributed by atoms with Crippen LogP contribution in [0.25, 0.3) is 0 Å². The second-order valence-corrected chi connectivity index (χ2v) is 9.03. The van der Waals surface area contributed by atoms with Crippen molar-refractivity contribution in [2.75, 3.05) is 27.2 Å². The predicted octanol–water partition coefficient (Wildman–Crippen LogP) is 0.475. The second kappa shape index (κ2) is 5.92. The number of amides is 1. The molecule has 2 N–H and O–H groups in total. The molecule has 0 aliphatic carbocycles. The molecule has 2 heterocycles. The predicted molar refractivity (Wildman–Crippen MR) is 88.6 cm³/mol. The Labute approximate surface area is 138 Å². The SMILES string of the molecule is CN(C)C(=O)c1cc(S(=O)(=O)N2CCC(N)C(C)(C)C2)cn1C. The molecule has 1 atom stereocenters. The minimum absolute atomic E-state index is 0.0180. The molecule has 23 heavy (non-hydrogen) atoms.